The Hall–Kier alpha value is -4.15. The molecule has 1 aliphatic heterocycles. The summed E-state index contributed by atoms with van der Waals surface area (Å²) in [5.74, 6) is -0.404. The number of nitrogens with two attached hydrogens (primary N) is 1. The molecule has 3 aromatic carbocycles. The Balaban J connectivity index is 1.74. The number of nitrogens with zero attached hydrogens (tertiary/aromatic N) is 4. The molecule has 0 fully saturated rings. The van der Waals surface area contributed by atoms with Crippen LogP contribution in [0, 0.1) is 12.4 Å². The Morgan fingerprint density at radius 1 is 1.09 bits per heavy atom. The predicted molar refractivity (Wildman–Crippen MR) is 123 cm³/mol. The number of fused-ring (bicyclic) bond motifs is 2. The van der Waals surface area contributed by atoms with Gasteiger partial charge in [-0.1, -0.05) is 36.4 Å². The molecule has 0 saturated heterocycles. The van der Waals surface area contributed by atoms with E-state index in [1.165, 1.54) is 6.07 Å². The second-order valence-electron chi connectivity index (χ2n) is 7.59. The molecule has 0 atom stereocenters. The molecule has 156 valence electrons. The van der Waals surface area contributed by atoms with Crippen LogP contribution in [0.25, 0.3) is 38.0 Å². The summed E-state index contributed by atoms with van der Waals surface area (Å²) in [7, 11) is 1.80. The van der Waals surface area contributed by atoms with E-state index in [4.69, 9.17) is 12.3 Å². The second-order valence-corrected chi connectivity index (χ2v) is 7.59. The summed E-state index contributed by atoms with van der Waals surface area (Å²) in [5, 5.41) is 5.39. The summed E-state index contributed by atoms with van der Waals surface area (Å²) in [4.78, 5) is 20.3. The zero-order chi connectivity index (χ0) is 22.4. The van der Waals surface area contributed by atoms with Crippen LogP contribution in [-0.2, 0) is 7.05 Å². The fraction of sp³-hybridized carbons (Fsp3) is 0.120. The van der Waals surface area contributed by atoms with Crippen LogP contribution in [0.5, 0.6) is 0 Å². The molecular formula is C25H18FN5O. The Bertz CT molecular complexity index is 1490. The van der Waals surface area contributed by atoms with Gasteiger partial charge in [0.05, 0.1) is 24.2 Å². The number of ketones is 1. The fourth-order valence-electron chi connectivity index (χ4n) is 4.29. The van der Waals surface area contributed by atoms with Gasteiger partial charge in [0.2, 0.25) is 5.69 Å². The molecule has 5 rings (SSSR count). The lowest BCUT2D eigenvalue weighted by Gasteiger charge is -2.17. The lowest BCUT2D eigenvalue weighted by Crippen LogP contribution is -2.24. The average Bonchev–Trinajstić information content (AvgIpc) is 3.19. The van der Waals surface area contributed by atoms with Crippen molar-refractivity contribution in [2.45, 2.75) is 0 Å². The van der Waals surface area contributed by atoms with E-state index in [9.17, 15) is 9.18 Å². The first-order chi connectivity index (χ1) is 15.5. The fourth-order valence-corrected chi connectivity index (χ4v) is 4.29. The molecule has 0 spiro atoms. The van der Waals surface area contributed by atoms with Gasteiger partial charge in [-0.15, -0.1) is 0 Å². The van der Waals surface area contributed by atoms with E-state index in [-0.39, 0.29) is 24.7 Å². The van der Waals surface area contributed by atoms with Crippen molar-refractivity contribution < 1.29 is 9.18 Å². The number of aryl methyl sites for hydroxylation is 1. The molecule has 0 radical (unpaired) electrons. The maximum Gasteiger partial charge on any atom is 0.204 e. The lowest BCUT2D eigenvalue weighted by molar-refractivity contribution is 0.1000. The standard InChI is InChI=1S/C25H18FN5O/c1-28-24-17-4-3-5-21(26)15(17)8-9-18(24)25-20(12-30-31(25)2)14-6-7-16-19(10-14)22(11-27)29-13-23(16)32/h3-10,12H,11,13,27H2,2H3. The normalized spacial score (nSPS) is 13.1. The van der Waals surface area contributed by atoms with E-state index in [1.54, 1.807) is 48.3 Å². The van der Waals surface area contributed by atoms with Gasteiger partial charge in [-0.05, 0) is 23.1 Å². The molecular weight excluding hydrogens is 405 g/mol. The van der Waals surface area contributed by atoms with Gasteiger partial charge < -0.3 is 5.73 Å². The number of carbonyl (C=O) groups excluding carboxylic acids is 1. The zero-order valence-corrected chi connectivity index (χ0v) is 17.3. The highest BCUT2D eigenvalue weighted by atomic mass is 19.1. The van der Waals surface area contributed by atoms with Crippen LogP contribution in [0.1, 0.15) is 15.9 Å². The minimum Gasteiger partial charge on any atom is -0.325 e. The van der Waals surface area contributed by atoms with Crippen molar-refractivity contribution in [3.8, 4) is 22.4 Å². The number of halogens is 1. The highest BCUT2D eigenvalue weighted by Gasteiger charge is 2.23. The Kier molecular flexibility index (Phi) is 4.65. The molecule has 1 aromatic heterocycles. The molecule has 32 heavy (non-hydrogen) atoms. The summed E-state index contributed by atoms with van der Waals surface area (Å²) in [5.41, 5.74) is 11.3. The van der Waals surface area contributed by atoms with Crippen LogP contribution in [0.2, 0.25) is 0 Å². The quantitative estimate of drug-likeness (QED) is 0.492. The first kappa shape index (κ1) is 19.8. The van der Waals surface area contributed by atoms with Crippen molar-refractivity contribution in [2.24, 2.45) is 17.8 Å². The van der Waals surface area contributed by atoms with Gasteiger partial charge in [-0.3, -0.25) is 14.5 Å². The second kappa shape index (κ2) is 7.52. The van der Waals surface area contributed by atoms with Crippen LogP contribution in [-0.4, -0.2) is 34.4 Å². The number of Topliss-reactive ketones (excluding diaryl/α,β-unsaturated/α-hetero) is 1. The molecule has 7 heteroatoms. The largest absolute Gasteiger partial charge is 0.325 e. The first-order valence-electron chi connectivity index (χ1n) is 10.1. The highest BCUT2D eigenvalue weighted by Crippen LogP contribution is 2.42. The summed E-state index contributed by atoms with van der Waals surface area (Å²) in [6, 6.07) is 13.8. The van der Waals surface area contributed by atoms with Gasteiger partial charge in [0.1, 0.15) is 12.4 Å². The molecule has 4 aromatic rings. The third kappa shape index (κ3) is 2.93. The third-order valence-corrected chi connectivity index (χ3v) is 5.83. The van der Waals surface area contributed by atoms with Crippen molar-refractivity contribution in [1.29, 1.82) is 0 Å². The van der Waals surface area contributed by atoms with Crippen molar-refractivity contribution in [3.05, 3.63) is 83.1 Å². The Labute approximate surface area is 183 Å². The first-order valence-corrected chi connectivity index (χ1v) is 10.1. The van der Waals surface area contributed by atoms with Crippen molar-refractivity contribution in [2.75, 3.05) is 13.1 Å². The zero-order valence-electron chi connectivity index (χ0n) is 17.3. The van der Waals surface area contributed by atoms with Crippen LogP contribution < -0.4 is 5.73 Å². The van der Waals surface area contributed by atoms with E-state index in [0.717, 1.165) is 22.4 Å². The van der Waals surface area contributed by atoms with Crippen molar-refractivity contribution in [1.82, 2.24) is 9.78 Å². The average molecular weight is 423 g/mol. The Morgan fingerprint density at radius 3 is 2.69 bits per heavy atom. The van der Waals surface area contributed by atoms with E-state index < -0.39 is 0 Å². The molecule has 0 saturated carbocycles. The number of hydrogen-bond donors (Lipinski definition) is 1. The van der Waals surface area contributed by atoms with E-state index in [1.807, 2.05) is 12.1 Å². The third-order valence-electron chi connectivity index (χ3n) is 5.83. The smallest absolute Gasteiger partial charge is 0.204 e. The minimum atomic E-state index is -0.364. The minimum absolute atomic E-state index is 0.0398. The number of carbonyl (C=O) groups is 1. The number of rotatable bonds is 3. The molecule has 0 aliphatic carbocycles. The topological polar surface area (TPSA) is 77.6 Å². The molecule has 0 bridgehead atoms. The number of aromatic nitrogens is 2. The maximum atomic E-state index is 14.3. The van der Waals surface area contributed by atoms with E-state index in [0.29, 0.717) is 33.3 Å². The molecule has 1 aliphatic rings. The number of hydrogen-bond acceptors (Lipinski definition) is 4. The van der Waals surface area contributed by atoms with Crippen LogP contribution in [0.3, 0.4) is 0 Å². The van der Waals surface area contributed by atoms with Crippen LogP contribution in [0.15, 0.2) is 59.7 Å². The molecule has 0 unspecified atom stereocenters. The summed E-state index contributed by atoms with van der Waals surface area (Å²) >= 11 is 0. The van der Waals surface area contributed by atoms with E-state index >= 15 is 0 Å². The Morgan fingerprint density at radius 2 is 1.91 bits per heavy atom. The van der Waals surface area contributed by atoms with Gasteiger partial charge in [0.25, 0.3) is 0 Å². The van der Waals surface area contributed by atoms with Gasteiger partial charge >= 0.3 is 0 Å². The van der Waals surface area contributed by atoms with Crippen LogP contribution in [0.4, 0.5) is 10.1 Å². The summed E-state index contributed by atoms with van der Waals surface area (Å²) in [6.45, 7) is 8.14. The molecule has 2 N–H and O–H groups in total. The van der Waals surface area contributed by atoms with Gasteiger partial charge in [0.15, 0.2) is 5.78 Å². The number of benzene rings is 3. The van der Waals surface area contributed by atoms with Crippen LogP contribution >= 0.6 is 0 Å². The summed E-state index contributed by atoms with van der Waals surface area (Å²) < 4.78 is 16.0. The highest BCUT2D eigenvalue weighted by molar-refractivity contribution is 6.16. The number of aliphatic imine (C=N–C) groups is 1. The SMILES string of the molecule is [C-]#[N+]c1c(-c2c(-c3ccc4c(c3)C(CN)=NCC4=O)cnn2C)ccc2c(F)cccc12. The van der Waals surface area contributed by atoms with Gasteiger partial charge in [-0.2, -0.15) is 5.10 Å². The predicted octanol–water partition coefficient (Wildman–Crippen LogP) is 4.54. The monoisotopic (exact) mass is 423 g/mol. The van der Waals surface area contributed by atoms with Gasteiger partial charge in [0, 0.05) is 41.2 Å². The molecule has 2 heterocycles. The van der Waals surface area contributed by atoms with E-state index in [2.05, 4.69) is 14.9 Å². The maximum absolute atomic E-state index is 14.3. The van der Waals surface area contributed by atoms with Crippen molar-refractivity contribution >= 4 is 28.0 Å². The van der Waals surface area contributed by atoms with Gasteiger partial charge in [-0.25, -0.2) is 9.24 Å². The van der Waals surface area contributed by atoms with Crippen molar-refractivity contribution in [3.63, 3.8) is 0 Å². The lowest BCUT2D eigenvalue weighted by atomic mass is 9.91. The molecule has 0 amide bonds. The summed E-state index contributed by atoms with van der Waals surface area (Å²) in [6.07, 6.45) is 1.73. The molecule has 6 nitrogen and oxygen atoms in total.